The molecule has 3 aromatic rings. The Morgan fingerprint density at radius 3 is 2.23 bits per heavy atom. The summed E-state index contributed by atoms with van der Waals surface area (Å²) in [7, 11) is 0. The van der Waals surface area contributed by atoms with Crippen LogP contribution in [0.4, 0.5) is 18.9 Å². The van der Waals surface area contributed by atoms with Gasteiger partial charge in [-0.15, -0.1) is 0 Å². The van der Waals surface area contributed by atoms with E-state index in [1.165, 1.54) is 23.9 Å². The molecule has 1 N–H and O–H groups in total. The molecule has 0 spiro atoms. The molecule has 156 valence electrons. The zero-order valence-corrected chi connectivity index (χ0v) is 17.5. The quantitative estimate of drug-likeness (QED) is 0.409. The zero-order valence-electron chi connectivity index (χ0n) is 16.7. The van der Waals surface area contributed by atoms with Gasteiger partial charge in [0.05, 0.1) is 11.3 Å². The summed E-state index contributed by atoms with van der Waals surface area (Å²) < 4.78 is 38.3. The van der Waals surface area contributed by atoms with E-state index in [-0.39, 0.29) is 11.7 Å². The van der Waals surface area contributed by atoms with Crippen molar-refractivity contribution in [3.8, 4) is 11.4 Å². The second-order valence-corrected chi connectivity index (χ2v) is 7.85. The van der Waals surface area contributed by atoms with Gasteiger partial charge in [-0.1, -0.05) is 42.1 Å². The standard InChI is InChI=1S/C22H20F3N3OS/c1-13-5-4-6-14(2)20(13)27-18(29)12-30-19-11-15(3)26-21(28-19)16-7-9-17(10-8-16)22(23,24)25/h4-11H,12H2,1-3H3,(H,27,29). The van der Waals surface area contributed by atoms with E-state index in [1.807, 2.05) is 32.0 Å². The third-order valence-corrected chi connectivity index (χ3v) is 5.31. The molecule has 1 heterocycles. The number of nitrogens with zero attached hydrogens (tertiary/aromatic N) is 2. The van der Waals surface area contributed by atoms with Crippen molar-refractivity contribution in [2.24, 2.45) is 0 Å². The fourth-order valence-corrected chi connectivity index (χ4v) is 3.63. The Kier molecular flexibility index (Phi) is 6.45. The van der Waals surface area contributed by atoms with Crippen LogP contribution in [0.1, 0.15) is 22.4 Å². The Morgan fingerprint density at radius 2 is 1.63 bits per heavy atom. The molecule has 30 heavy (non-hydrogen) atoms. The largest absolute Gasteiger partial charge is 0.416 e. The topological polar surface area (TPSA) is 54.9 Å². The second kappa shape index (κ2) is 8.87. The van der Waals surface area contributed by atoms with Crippen LogP contribution >= 0.6 is 11.8 Å². The first-order valence-electron chi connectivity index (χ1n) is 9.15. The molecule has 3 rings (SSSR count). The predicted octanol–water partition coefficient (Wildman–Crippen LogP) is 5.82. The Hall–Kier alpha value is -2.87. The van der Waals surface area contributed by atoms with Crippen LogP contribution in [0.25, 0.3) is 11.4 Å². The molecule has 0 aliphatic rings. The number of thioether (sulfide) groups is 1. The zero-order chi connectivity index (χ0) is 21.9. The number of rotatable bonds is 5. The number of nitrogens with one attached hydrogen (secondary N) is 1. The Balaban J connectivity index is 1.72. The van der Waals surface area contributed by atoms with E-state index in [1.54, 1.807) is 13.0 Å². The molecule has 0 saturated heterocycles. The lowest BCUT2D eigenvalue weighted by Gasteiger charge is -2.11. The van der Waals surface area contributed by atoms with Crippen LogP contribution in [0, 0.1) is 20.8 Å². The maximum atomic E-state index is 12.8. The molecule has 4 nitrogen and oxygen atoms in total. The Bertz CT molecular complexity index is 1050. The highest BCUT2D eigenvalue weighted by atomic mass is 32.2. The van der Waals surface area contributed by atoms with Crippen molar-refractivity contribution in [3.05, 3.63) is 70.9 Å². The molecule has 0 aliphatic carbocycles. The molecule has 2 aromatic carbocycles. The van der Waals surface area contributed by atoms with Crippen molar-refractivity contribution in [1.29, 1.82) is 0 Å². The molecule has 8 heteroatoms. The Labute approximate surface area is 177 Å². The highest BCUT2D eigenvalue weighted by Crippen LogP contribution is 2.31. The number of aryl methyl sites for hydroxylation is 3. The average molecular weight is 431 g/mol. The van der Waals surface area contributed by atoms with Crippen LogP contribution in [0.3, 0.4) is 0 Å². The lowest BCUT2D eigenvalue weighted by atomic mass is 10.1. The van der Waals surface area contributed by atoms with Crippen molar-refractivity contribution >= 4 is 23.4 Å². The molecule has 0 fully saturated rings. The molecule has 0 bridgehead atoms. The molecular weight excluding hydrogens is 411 g/mol. The van der Waals surface area contributed by atoms with Crippen molar-refractivity contribution in [3.63, 3.8) is 0 Å². The van der Waals surface area contributed by atoms with Crippen molar-refractivity contribution in [1.82, 2.24) is 9.97 Å². The minimum atomic E-state index is -4.39. The molecule has 0 saturated carbocycles. The summed E-state index contributed by atoms with van der Waals surface area (Å²) in [6.07, 6.45) is -4.39. The van der Waals surface area contributed by atoms with E-state index in [0.717, 1.165) is 28.9 Å². The number of amides is 1. The molecule has 1 aromatic heterocycles. The van der Waals surface area contributed by atoms with Crippen LogP contribution in [-0.4, -0.2) is 21.6 Å². The van der Waals surface area contributed by atoms with Crippen LogP contribution in [-0.2, 0) is 11.0 Å². The van der Waals surface area contributed by atoms with E-state index in [2.05, 4.69) is 15.3 Å². The molecule has 0 aliphatic heterocycles. The van der Waals surface area contributed by atoms with Gasteiger partial charge < -0.3 is 5.32 Å². The summed E-state index contributed by atoms with van der Waals surface area (Å²) in [5.74, 6) is 0.308. The van der Waals surface area contributed by atoms with Crippen molar-refractivity contribution < 1.29 is 18.0 Å². The fraction of sp³-hybridized carbons (Fsp3) is 0.227. The third kappa shape index (κ3) is 5.38. The number of anilines is 1. The summed E-state index contributed by atoms with van der Waals surface area (Å²) in [6.45, 7) is 5.63. The van der Waals surface area contributed by atoms with Crippen LogP contribution in [0.2, 0.25) is 0 Å². The van der Waals surface area contributed by atoms with Gasteiger partial charge >= 0.3 is 6.18 Å². The number of aromatic nitrogens is 2. The van der Waals surface area contributed by atoms with E-state index < -0.39 is 11.7 Å². The summed E-state index contributed by atoms with van der Waals surface area (Å²) in [4.78, 5) is 21.1. The highest BCUT2D eigenvalue weighted by molar-refractivity contribution is 7.99. The van der Waals surface area contributed by atoms with Gasteiger partial charge in [-0.3, -0.25) is 4.79 Å². The highest BCUT2D eigenvalue weighted by Gasteiger charge is 2.30. The van der Waals surface area contributed by atoms with Gasteiger partial charge in [0.2, 0.25) is 5.91 Å². The summed E-state index contributed by atoms with van der Waals surface area (Å²) in [5, 5.41) is 3.50. The average Bonchev–Trinajstić information content (AvgIpc) is 2.68. The molecule has 1 amide bonds. The molecule has 0 atom stereocenters. The van der Waals surface area contributed by atoms with Crippen molar-refractivity contribution in [2.75, 3.05) is 11.1 Å². The van der Waals surface area contributed by atoms with Gasteiger partial charge in [-0.05, 0) is 50.1 Å². The van der Waals surface area contributed by atoms with Gasteiger partial charge in [0.1, 0.15) is 5.03 Å². The predicted molar refractivity (Wildman–Crippen MR) is 112 cm³/mol. The van der Waals surface area contributed by atoms with E-state index in [4.69, 9.17) is 0 Å². The monoisotopic (exact) mass is 431 g/mol. The number of benzene rings is 2. The number of carbonyl (C=O) groups excluding carboxylic acids is 1. The first-order valence-corrected chi connectivity index (χ1v) is 10.1. The maximum Gasteiger partial charge on any atom is 0.416 e. The number of carbonyl (C=O) groups is 1. The first-order chi connectivity index (χ1) is 14.1. The maximum absolute atomic E-state index is 12.8. The van der Waals surface area contributed by atoms with E-state index >= 15 is 0 Å². The molecule has 0 radical (unpaired) electrons. The summed E-state index contributed by atoms with van der Waals surface area (Å²) in [5.41, 5.74) is 3.18. The van der Waals surface area contributed by atoms with E-state index in [9.17, 15) is 18.0 Å². The van der Waals surface area contributed by atoms with Crippen LogP contribution in [0.15, 0.2) is 53.6 Å². The normalized spacial score (nSPS) is 11.4. The second-order valence-electron chi connectivity index (χ2n) is 6.85. The van der Waals surface area contributed by atoms with Gasteiger partial charge in [-0.25, -0.2) is 9.97 Å². The first kappa shape index (κ1) is 21.8. The molecular formula is C22H20F3N3OS. The number of halogens is 3. The SMILES string of the molecule is Cc1cc(SCC(=O)Nc2c(C)cccc2C)nc(-c2ccc(C(F)(F)F)cc2)n1. The summed E-state index contributed by atoms with van der Waals surface area (Å²) >= 11 is 1.25. The number of hydrogen-bond acceptors (Lipinski definition) is 4. The molecule has 0 unspecified atom stereocenters. The van der Waals surface area contributed by atoms with Crippen LogP contribution < -0.4 is 5.32 Å². The lowest BCUT2D eigenvalue weighted by molar-refractivity contribution is -0.137. The lowest BCUT2D eigenvalue weighted by Crippen LogP contribution is -2.16. The summed E-state index contributed by atoms with van der Waals surface area (Å²) in [6, 6.07) is 12.2. The number of hydrogen-bond donors (Lipinski definition) is 1. The Morgan fingerprint density at radius 1 is 1.00 bits per heavy atom. The van der Waals surface area contributed by atoms with Gasteiger partial charge in [0, 0.05) is 16.9 Å². The van der Waals surface area contributed by atoms with E-state index in [0.29, 0.717) is 22.1 Å². The fourth-order valence-electron chi connectivity index (χ4n) is 2.88. The van der Waals surface area contributed by atoms with Gasteiger partial charge in [-0.2, -0.15) is 13.2 Å². The van der Waals surface area contributed by atoms with Crippen molar-refractivity contribution in [2.45, 2.75) is 32.0 Å². The minimum Gasteiger partial charge on any atom is -0.325 e. The smallest absolute Gasteiger partial charge is 0.325 e. The third-order valence-electron chi connectivity index (χ3n) is 4.40. The number of para-hydroxylation sites is 1. The van der Waals surface area contributed by atoms with Gasteiger partial charge in [0.25, 0.3) is 0 Å². The van der Waals surface area contributed by atoms with Gasteiger partial charge in [0.15, 0.2) is 5.82 Å². The number of alkyl halides is 3. The minimum absolute atomic E-state index is 0.149. The van der Waals surface area contributed by atoms with Crippen LogP contribution in [0.5, 0.6) is 0 Å².